The maximum atomic E-state index is 12.4. The maximum absolute atomic E-state index is 12.4. The van der Waals surface area contributed by atoms with Crippen LogP contribution in [0, 0.1) is 0 Å². The number of hydrogen-bond acceptors (Lipinski definition) is 5. The molecule has 2 aromatic carbocycles. The molecule has 0 radical (unpaired) electrons. The van der Waals surface area contributed by atoms with Gasteiger partial charge >= 0.3 is 0 Å². The predicted octanol–water partition coefficient (Wildman–Crippen LogP) is 1.83. The van der Waals surface area contributed by atoms with E-state index in [1.807, 2.05) is 42.3 Å². The lowest BCUT2D eigenvalue weighted by Gasteiger charge is -2.23. The van der Waals surface area contributed by atoms with E-state index >= 15 is 0 Å². The molecule has 0 amide bonds. The van der Waals surface area contributed by atoms with Crippen molar-refractivity contribution < 1.29 is 17.9 Å². The van der Waals surface area contributed by atoms with Gasteiger partial charge in [0.05, 0.1) is 18.6 Å². The van der Waals surface area contributed by atoms with Gasteiger partial charge in [-0.25, -0.2) is 13.1 Å². The number of para-hydroxylation sites is 1. The molecule has 2 N–H and O–H groups in total. The summed E-state index contributed by atoms with van der Waals surface area (Å²) in [7, 11) is 3.24. The Labute approximate surface area is 179 Å². The van der Waals surface area contributed by atoms with Gasteiger partial charge in [0.15, 0.2) is 5.96 Å². The van der Waals surface area contributed by atoms with Crippen LogP contribution in [-0.2, 0) is 27.8 Å². The van der Waals surface area contributed by atoms with Gasteiger partial charge in [0, 0.05) is 46.4 Å². The molecule has 0 atom stereocenters. The Bertz CT molecular complexity index is 948. The summed E-state index contributed by atoms with van der Waals surface area (Å²) >= 11 is 0. The second-order valence-electron chi connectivity index (χ2n) is 6.61. The first kappa shape index (κ1) is 23.7. The average Bonchev–Trinajstić information content (AvgIpc) is 2.75. The standard InChI is InChI=1S/C21H30N4O4S/c1-22-21(25(2)16-18-9-5-6-11-20(18)29-4)23-15-17-8-7-10-19(14-17)30(26,27)24-12-13-28-3/h5-11,14,24H,12-13,15-16H2,1-4H3,(H,22,23). The Hall–Kier alpha value is -2.62. The SMILES string of the molecule is CN=C(NCc1cccc(S(=O)(=O)NCCOC)c1)N(C)Cc1ccccc1OC. The number of sulfonamides is 1. The summed E-state index contributed by atoms with van der Waals surface area (Å²) in [5.74, 6) is 1.51. The fourth-order valence-corrected chi connectivity index (χ4v) is 4.00. The van der Waals surface area contributed by atoms with Crippen LogP contribution in [0.2, 0.25) is 0 Å². The van der Waals surface area contributed by atoms with Crippen molar-refractivity contribution in [1.29, 1.82) is 0 Å². The van der Waals surface area contributed by atoms with E-state index in [-0.39, 0.29) is 11.4 Å². The highest BCUT2D eigenvalue weighted by Gasteiger charge is 2.14. The van der Waals surface area contributed by atoms with Crippen molar-refractivity contribution in [1.82, 2.24) is 14.9 Å². The fourth-order valence-electron chi connectivity index (χ4n) is 2.91. The number of benzene rings is 2. The minimum Gasteiger partial charge on any atom is -0.496 e. The summed E-state index contributed by atoms with van der Waals surface area (Å²) in [6.45, 7) is 1.59. The van der Waals surface area contributed by atoms with Crippen molar-refractivity contribution >= 4 is 16.0 Å². The third-order valence-corrected chi connectivity index (χ3v) is 5.89. The van der Waals surface area contributed by atoms with Gasteiger partial charge in [0.25, 0.3) is 0 Å². The van der Waals surface area contributed by atoms with E-state index in [1.54, 1.807) is 32.4 Å². The van der Waals surface area contributed by atoms with Crippen molar-refractivity contribution in [2.24, 2.45) is 4.99 Å². The van der Waals surface area contributed by atoms with Gasteiger partial charge in [0.2, 0.25) is 10.0 Å². The normalized spacial score (nSPS) is 11.9. The van der Waals surface area contributed by atoms with Crippen LogP contribution in [0.4, 0.5) is 0 Å². The Morgan fingerprint density at radius 1 is 1.13 bits per heavy atom. The second kappa shape index (κ2) is 11.5. The summed E-state index contributed by atoms with van der Waals surface area (Å²) in [6.07, 6.45) is 0. The largest absolute Gasteiger partial charge is 0.496 e. The number of ether oxygens (including phenoxy) is 2. The minimum absolute atomic E-state index is 0.218. The molecule has 0 saturated carbocycles. The third kappa shape index (κ3) is 6.72. The number of guanidine groups is 1. The van der Waals surface area contributed by atoms with E-state index in [1.165, 1.54) is 7.11 Å². The van der Waals surface area contributed by atoms with E-state index in [2.05, 4.69) is 15.0 Å². The summed E-state index contributed by atoms with van der Waals surface area (Å²) in [5, 5.41) is 3.27. The molecule has 0 aromatic heterocycles. The van der Waals surface area contributed by atoms with Crippen LogP contribution in [-0.4, -0.2) is 60.7 Å². The molecule has 2 rings (SSSR count). The smallest absolute Gasteiger partial charge is 0.240 e. The molecular weight excluding hydrogens is 404 g/mol. The average molecular weight is 435 g/mol. The molecule has 30 heavy (non-hydrogen) atoms. The number of methoxy groups -OCH3 is 2. The summed E-state index contributed by atoms with van der Waals surface area (Å²) in [6, 6.07) is 14.6. The molecule has 0 aliphatic heterocycles. The summed E-state index contributed by atoms with van der Waals surface area (Å²) in [5.41, 5.74) is 1.87. The van der Waals surface area contributed by atoms with Crippen molar-refractivity contribution in [2.75, 3.05) is 41.5 Å². The van der Waals surface area contributed by atoms with Crippen LogP contribution in [0.15, 0.2) is 58.4 Å². The van der Waals surface area contributed by atoms with E-state index in [4.69, 9.17) is 9.47 Å². The molecule has 0 spiro atoms. The van der Waals surface area contributed by atoms with E-state index in [9.17, 15) is 8.42 Å². The van der Waals surface area contributed by atoms with Crippen molar-refractivity contribution in [3.63, 3.8) is 0 Å². The monoisotopic (exact) mass is 434 g/mol. The van der Waals surface area contributed by atoms with Crippen molar-refractivity contribution in [3.05, 3.63) is 59.7 Å². The van der Waals surface area contributed by atoms with E-state index < -0.39 is 10.0 Å². The topological polar surface area (TPSA) is 92.3 Å². The highest BCUT2D eigenvalue weighted by atomic mass is 32.2. The van der Waals surface area contributed by atoms with Crippen LogP contribution in [0.1, 0.15) is 11.1 Å². The van der Waals surface area contributed by atoms with Gasteiger partial charge in [-0.2, -0.15) is 0 Å². The van der Waals surface area contributed by atoms with Gasteiger partial charge in [-0.05, 0) is 23.8 Å². The Morgan fingerprint density at radius 2 is 1.90 bits per heavy atom. The molecule has 9 heteroatoms. The molecule has 0 aliphatic rings. The zero-order chi connectivity index (χ0) is 22.0. The van der Waals surface area contributed by atoms with Crippen LogP contribution in [0.25, 0.3) is 0 Å². The van der Waals surface area contributed by atoms with E-state index in [0.29, 0.717) is 25.7 Å². The molecule has 0 heterocycles. The number of aliphatic imine (C=N–C) groups is 1. The Morgan fingerprint density at radius 3 is 2.60 bits per heavy atom. The fraction of sp³-hybridized carbons (Fsp3) is 0.381. The molecular formula is C21H30N4O4S. The van der Waals surface area contributed by atoms with Crippen LogP contribution in [0.5, 0.6) is 5.75 Å². The molecule has 0 bridgehead atoms. The minimum atomic E-state index is -3.58. The predicted molar refractivity (Wildman–Crippen MR) is 118 cm³/mol. The quantitative estimate of drug-likeness (QED) is 0.337. The van der Waals surface area contributed by atoms with Gasteiger partial charge in [-0.15, -0.1) is 0 Å². The van der Waals surface area contributed by atoms with Gasteiger partial charge in [0.1, 0.15) is 5.75 Å². The van der Waals surface area contributed by atoms with E-state index in [0.717, 1.165) is 16.9 Å². The van der Waals surface area contributed by atoms with Crippen LogP contribution >= 0.6 is 0 Å². The van der Waals surface area contributed by atoms with Gasteiger partial charge < -0.3 is 19.7 Å². The van der Waals surface area contributed by atoms with Crippen LogP contribution in [0.3, 0.4) is 0 Å². The molecule has 0 unspecified atom stereocenters. The number of rotatable bonds is 10. The number of hydrogen-bond donors (Lipinski definition) is 2. The zero-order valence-corrected chi connectivity index (χ0v) is 18.7. The number of nitrogens with one attached hydrogen (secondary N) is 2. The molecule has 2 aromatic rings. The lowest BCUT2D eigenvalue weighted by molar-refractivity contribution is 0.204. The Balaban J connectivity index is 2.03. The maximum Gasteiger partial charge on any atom is 0.240 e. The highest BCUT2D eigenvalue weighted by molar-refractivity contribution is 7.89. The zero-order valence-electron chi connectivity index (χ0n) is 17.9. The molecule has 8 nitrogen and oxygen atoms in total. The first-order chi connectivity index (χ1) is 14.4. The molecule has 164 valence electrons. The highest BCUT2D eigenvalue weighted by Crippen LogP contribution is 2.19. The first-order valence-electron chi connectivity index (χ1n) is 9.52. The summed E-state index contributed by atoms with van der Waals surface area (Å²) < 4.78 is 37.6. The Kier molecular flexibility index (Phi) is 9.10. The second-order valence-corrected chi connectivity index (χ2v) is 8.37. The lowest BCUT2D eigenvalue weighted by atomic mass is 10.2. The van der Waals surface area contributed by atoms with Crippen molar-refractivity contribution in [3.8, 4) is 5.75 Å². The van der Waals surface area contributed by atoms with Crippen LogP contribution < -0.4 is 14.8 Å². The van der Waals surface area contributed by atoms with Crippen molar-refractivity contribution in [2.45, 2.75) is 18.0 Å². The lowest BCUT2D eigenvalue weighted by Crippen LogP contribution is -2.38. The first-order valence-corrected chi connectivity index (χ1v) is 11.0. The van der Waals surface area contributed by atoms with Gasteiger partial charge in [-0.1, -0.05) is 30.3 Å². The van der Waals surface area contributed by atoms with Gasteiger partial charge in [-0.3, -0.25) is 4.99 Å². The number of nitrogens with zero attached hydrogens (tertiary/aromatic N) is 2. The summed E-state index contributed by atoms with van der Waals surface area (Å²) in [4.78, 5) is 6.52. The molecule has 0 fully saturated rings. The molecule has 0 saturated heterocycles. The third-order valence-electron chi connectivity index (χ3n) is 4.43. The molecule has 0 aliphatic carbocycles.